The number of nitrogens with one attached hydrogen (secondary N) is 1. The molecule has 2 aromatic rings. The summed E-state index contributed by atoms with van der Waals surface area (Å²) in [5.74, 6) is 0.0345. The SMILES string of the molecule is CC1N=C(c2cccc(F)c2)NC=C1c1cccc(F)c1. The highest BCUT2D eigenvalue weighted by Crippen LogP contribution is 2.23. The van der Waals surface area contributed by atoms with Crippen LogP contribution in [-0.4, -0.2) is 11.9 Å². The first-order valence-corrected chi connectivity index (χ1v) is 6.70. The van der Waals surface area contributed by atoms with E-state index >= 15 is 0 Å². The average molecular weight is 284 g/mol. The number of rotatable bonds is 2. The topological polar surface area (TPSA) is 24.4 Å². The second kappa shape index (κ2) is 5.48. The van der Waals surface area contributed by atoms with Gasteiger partial charge in [0.15, 0.2) is 0 Å². The lowest BCUT2D eigenvalue weighted by molar-refractivity contribution is 0.626. The number of aliphatic imine (C=N–C) groups is 1. The fourth-order valence-corrected chi connectivity index (χ4v) is 2.35. The first kappa shape index (κ1) is 13.5. The minimum atomic E-state index is -0.301. The van der Waals surface area contributed by atoms with Crippen molar-refractivity contribution in [1.29, 1.82) is 0 Å². The summed E-state index contributed by atoms with van der Waals surface area (Å²) in [4.78, 5) is 4.53. The van der Waals surface area contributed by atoms with Crippen LogP contribution in [0.2, 0.25) is 0 Å². The molecule has 1 aliphatic heterocycles. The largest absolute Gasteiger partial charge is 0.346 e. The zero-order valence-corrected chi connectivity index (χ0v) is 11.5. The maximum absolute atomic E-state index is 13.3. The van der Waals surface area contributed by atoms with E-state index in [-0.39, 0.29) is 17.7 Å². The van der Waals surface area contributed by atoms with Crippen molar-refractivity contribution in [3.63, 3.8) is 0 Å². The van der Waals surface area contributed by atoms with E-state index < -0.39 is 0 Å². The van der Waals surface area contributed by atoms with Gasteiger partial charge in [-0.3, -0.25) is 4.99 Å². The summed E-state index contributed by atoms with van der Waals surface area (Å²) in [5.41, 5.74) is 2.38. The Morgan fingerprint density at radius 1 is 0.952 bits per heavy atom. The molecular weight excluding hydrogens is 270 g/mol. The van der Waals surface area contributed by atoms with E-state index in [9.17, 15) is 8.78 Å². The molecule has 3 rings (SSSR count). The lowest BCUT2D eigenvalue weighted by atomic mass is 9.99. The minimum absolute atomic E-state index is 0.133. The summed E-state index contributed by atoms with van der Waals surface area (Å²) in [7, 11) is 0. The molecule has 1 atom stereocenters. The highest BCUT2D eigenvalue weighted by Gasteiger charge is 2.17. The predicted molar refractivity (Wildman–Crippen MR) is 79.9 cm³/mol. The molecule has 0 saturated carbocycles. The van der Waals surface area contributed by atoms with E-state index in [2.05, 4.69) is 10.3 Å². The van der Waals surface area contributed by atoms with E-state index in [1.54, 1.807) is 24.4 Å². The zero-order chi connectivity index (χ0) is 14.8. The van der Waals surface area contributed by atoms with Gasteiger partial charge in [0.05, 0.1) is 6.04 Å². The first-order valence-electron chi connectivity index (χ1n) is 6.70. The molecule has 106 valence electrons. The van der Waals surface area contributed by atoms with Gasteiger partial charge < -0.3 is 5.32 Å². The second-order valence-corrected chi connectivity index (χ2v) is 4.92. The number of halogens is 2. The number of hydrogen-bond donors (Lipinski definition) is 1. The van der Waals surface area contributed by atoms with E-state index in [0.717, 1.165) is 11.1 Å². The highest BCUT2D eigenvalue weighted by atomic mass is 19.1. The molecule has 1 aliphatic rings. The minimum Gasteiger partial charge on any atom is -0.346 e. The molecule has 0 amide bonds. The van der Waals surface area contributed by atoms with Gasteiger partial charge in [-0.25, -0.2) is 8.78 Å². The molecule has 4 heteroatoms. The van der Waals surface area contributed by atoms with Crippen molar-refractivity contribution in [1.82, 2.24) is 5.32 Å². The van der Waals surface area contributed by atoms with Crippen LogP contribution in [0.4, 0.5) is 8.78 Å². The van der Waals surface area contributed by atoms with Crippen LogP contribution < -0.4 is 5.32 Å². The lowest BCUT2D eigenvalue weighted by Crippen LogP contribution is -2.27. The smallest absolute Gasteiger partial charge is 0.132 e. The van der Waals surface area contributed by atoms with Crippen LogP contribution in [0.5, 0.6) is 0 Å². The fraction of sp³-hybridized carbons (Fsp3) is 0.118. The van der Waals surface area contributed by atoms with Crippen LogP contribution in [-0.2, 0) is 0 Å². The molecule has 1 N–H and O–H groups in total. The standard InChI is InChI=1S/C17H14F2N2/c1-11-16(12-4-2-6-14(18)8-12)10-20-17(21-11)13-5-3-7-15(19)9-13/h2-11H,1H3,(H,20,21). The molecule has 2 nitrogen and oxygen atoms in total. The summed E-state index contributed by atoms with van der Waals surface area (Å²) in [6.07, 6.45) is 1.80. The van der Waals surface area contributed by atoms with Crippen molar-refractivity contribution in [3.05, 3.63) is 77.5 Å². The fourth-order valence-electron chi connectivity index (χ4n) is 2.35. The maximum Gasteiger partial charge on any atom is 0.132 e. The van der Waals surface area contributed by atoms with Gasteiger partial charge in [0.2, 0.25) is 0 Å². The Hall–Kier alpha value is -2.49. The Morgan fingerprint density at radius 3 is 2.19 bits per heavy atom. The maximum atomic E-state index is 13.3. The van der Waals surface area contributed by atoms with Gasteiger partial charge in [-0.05, 0) is 42.3 Å². The molecule has 0 spiro atoms. The second-order valence-electron chi connectivity index (χ2n) is 4.92. The van der Waals surface area contributed by atoms with E-state index in [0.29, 0.717) is 11.4 Å². The summed E-state index contributed by atoms with van der Waals surface area (Å²) in [5, 5.41) is 3.06. The Morgan fingerprint density at radius 2 is 1.57 bits per heavy atom. The zero-order valence-electron chi connectivity index (χ0n) is 11.5. The molecule has 1 heterocycles. The Kier molecular flexibility index (Phi) is 3.52. The summed E-state index contributed by atoms with van der Waals surface area (Å²) >= 11 is 0. The normalized spacial score (nSPS) is 17.8. The van der Waals surface area contributed by atoms with Crippen molar-refractivity contribution in [3.8, 4) is 0 Å². The van der Waals surface area contributed by atoms with E-state index in [1.807, 2.05) is 13.0 Å². The van der Waals surface area contributed by atoms with Crippen LogP contribution in [0.3, 0.4) is 0 Å². The lowest BCUT2D eigenvalue weighted by Gasteiger charge is -2.21. The Labute approximate surface area is 121 Å². The third kappa shape index (κ3) is 2.84. The summed E-state index contributed by atoms with van der Waals surface area (Å²) < 4.78 is 26.6. The molecule has 2 aromatic carbocycles. The van der Waals surface area contributed by atoms with Gasteiger partial charge in [-0.15, -0.1) is 0 Å². The van der Waals surface area contributed by atoms with E-state index in [4.69, 9.17) is 0 Å². The van der Waals surface area contributed by atoms with Crippen LogP contribution in [0.1, 0.15) is 18.1 Å². The molecule has 0 fully saturated rings. The highest BCUT2D eigenvalue weighted by molar-refractivity contribution is 6.01. The van der Waals surface area contributed by atoms with Crippen molar-refractivity contribution in [2.45, 2.75) is 13.0 Å². The van der Waals surface area contributed by atoms with E-state index in [1.165, 1.54) is 24.3 Å². The molecule has 21 heavy (non-hydrogen) atoms. The van der Waals surface area contributed by atoms with Crippen molar-refractivity contribution in [2.75, 3.05) is 0 Å². The molecule has 0 aliphatic carbocycles. The number of amidine groups is 1. The van der Waals surface area contributed by atoms with Gasteiger partial charge in [-0.1, -0.05) is 24.3 Å². The predicted octanol–water partition coefficient (Wildman–Crippen LogP) is 3.74. The Bertz CT molecular complexity index is 735. The summed E-state index contributed by atoms with van der Waals surface area (Å²) in [6.45, 7) is 1.93. The molecule has 1 unspecified atom stereocenters. The van der Waals surface area contributed by atoms with Gasteiger partial charge in [0, 0.05) is 11.8 Å². The number of benzene rings is 2. The molecule has 0 saturated heterocycles. The number of hydrogen-bond acceptors (Lipinski definition) is 2. The third-order valence-electron chi connectivity index (χ3n) is 3.39. The van der Waals surface area contributed by atoms with Gasteiger partial charge in [-0.2, -0.15) is 0 Å². The van der Waals surface area contributed by atoms with Crippen molar-refractivity contribution < 1.29 is 8.78 Å². The van der Waals surface area contributed by atoms with Crippen LogP contribution >= 0.6 is 0 Å². The Balaban J connectivity index is 1.88. The average Bonchev–Trinajstić information content (AvgIpc) is 2.47. The van der Waals surface area contributed by atoms with Crippen LogP contribution in [0, 0.1) is 11.6 Å². The van der Waals surface area contributed by atoms with Crippen LogP contribution in [0.15, 0.2) is 59.7 Å². The monoisotopic (exact) mass is 284 g/mol. The molecule has 0 radical (unpaired) electrons. The molecular formula is C17H14F2N2. The molecule has 0 aromatic heterocycles. The number of nitrogens with zero attached hydrogens (tertiary/aromatic N) is 1. The van der Waals surface area contributed by atoms with Crippen LogP contribution in [0.25, 0.3) is 5.57 Å². The van der Waals surface area contributed by atoms with Gasteiger partial charge >= 0.3 is 0 Å². The van der Waals surface area contributed by atoms with Crippen molar-refractivity contribution >= 4 is 11.4 Å². The van der Waals surface area contributed by atoms with Gasteiger partial charge in [0.25, 0.3) is 0 Å². The van der Waals surface area contributed by atoms with Gasteiger partial charge in [0.1, 0.15) is 17.5 Å². The quantitative estimate of drug-likeness (QED) is 0.892. The molecule has 0 bridgehead atoms. The third-order valence-corrected chi connectivity index (χ3v) is 3.39. The van der Waals surface area contributed by atoms with Crippen molar-refractivity contribution in [2.24, 2.45) is 4.99 Å². The first-order chi connectivity index (χ1) is 10.1. The summed E-state index contributed by atoms with van der Waals surface area (Å²) in [6, 6.07) is 12.5.